The first-order valence-corrected chi connectivity index (χ1v) is 11.3. The normalized spacial score (nSPS) is 12.9. The van der Waals surface area contributed by atoms with Gasteiger partial charge in [-0.2, -0.15) is 0 Å². The van der Waals surface area contributed by atoms with E-state index in [9.17, 15) is 13.2 Å². The molecule has 0 bridgehead atoms. The van der Waals surface area contributed by atoms with Crippen LogP contribution in [0.1, 0.15) is 16.9 Å². The van der Waals surface area contributed by atoms with Crippen LogP contribution in [0.3, 0.4) is 0 Å². The number of fused-ring (bicyclic) bond motifs is 1. The standard InChI is InChI=1S/C23H22N2O6S/c1-25(15-18-6-10-21-22(13-18)31-16-30-21)23(26)11-7-17-4-8-20(9-5-17)32(27,28)24-14-19-3-2-12-29-19/h2-13,24H,14-16H2,1H3. The second-order valence-corrected chi connectivity index (χ2v) is 8.96. The summed E-state index contributed by atoms with van der Waals surface area (Å²) in [6.07, 6.45) is 4.58. The minimum Gasteiger partial charge on any atom is -0.468 e. The van der Waals surface area contributed by atoms with E-state index in [1.165, 1.54) is 24.5 Å². The van der Waals surface area contributed by atoms with Crippen LogP contribution in [0.5, 0.6) is 11.5 Å². The maximum absolute atomic E-state index is 12.4. The first-order valence-electron chi connectivity index (χ1n) is 9.84. The zero-order chi connectivity index (χ0) is 22.6. The highest BCUT2D eigenvalue weighted by molar-refractivity contribution is 7.89. The van der Waals surface area contributed by atoms with Gasteiger partial charge in [0, 0.05) is 19.7 Å². The summed E-state index contributed by atoms with van der Waals surface area (Å²) in [5.74, 6) is 1.72. The monoisotopic (exact) mass is 454 g/mol. The average Bonchev–Trinajstić information content (AvgIpc) is 3.48. The van der Waals surface area contributed by atoms with Gasteiger partial charge in [0.2, 0.25) is 22.7 Å². The van der Waals surface area contributed by atoms with Gasteiger partial charge in [-0.3, -0.25) is 4.79 Å². The van der Waals surface area contributed by atoms with Gasteiger partial charge in [0.05, 0.1) is 17.7 Å². The Morgan fingerprint density at radius 3 is 2.62 bits per heavy atom. The van der Waals surface area contributed by atoms with Crippen LogP contribution in [0.25, 0.3) is 6.08 Å². The number of likely N-dealkylation sites (N-methyl/N-ethyl adjacent to an activating group) is 1. The third-order valence-corrected chi connectivity index (χ3v) is 6.28. The Morgan fingerprint density at radius 2 is 1.88 bits per heavy atom. The molecule has 8 nitrogen and oxygen atoms in total. The molecule has 1 aliphatic heterocycles. The Kier molecular flexibility index (Phi) is 6.29. The number of hydrogen-bond acceptors (Lipinski definition) is 6. The number of rotatable bonds is 8. The molecule has 0 aliphatic carbocycles. The van der Waals surface area contributed by atoms with Gasteiger partial charge in [-0.1, -0.05) is 18.2 Å². The van der Waals surface area contributed by atoms with Crippen molar-refractivity contribution >= 4 is 22.0 Å². The quantitative estimate of drug-likeness (QED) is 0.525. The van der Waals surface area contributed by atoms with Crippen molar-refractivity contribution in [3.8, 4) is 11.5 Å². The molecule has 32 heavy (non-hydrogen) atoms. The number of carbonyl (C=O) groups is 1. The number of hydrogen-bond donors (Lipinski definition) is 1. The topological polar surface area (TPSA) is 98.1 Å². The molecular weight excluding hydrogens is 432 g/mol. The highest BCUT2D eigenvalue weighted by Gasteiger charge is 2.15. The molecule has 166 valence electrons. The van der Waals surface area contributed by atoms with Gasteiger partial charge in [-0.25, -0.2) is 13.1 Å². The number of furan rings is 1. The molecule has 9 heteroatoms. The van der Waals surface area contributed by atoms with Crippen LogP contribution in [-0.2, 0) is 27.9 Å². The second-order valence-electron chi connectivity index (χ2n) is 7.19. The van der Waals surface area contributed by atoms with Crippen LogP contribution in [0.15, 0.2) is 76.2 Å². The molecule has 1 aromatic heterocycles. The van der Waals surface area contributed by atoms with Gasteiger partial charge in [0.25, 0.3) is 0 Å². The van der Waals surface area contributed by atoms with E-state index in [0.29, 0.717) is 29.4 Å². The fourth-order valence-electron chi connectivity index (χ4n) is 3.11. The molecule has 0 saturated carbocycles. The molecule has 0 unspecified atom stereocenters. The van der Waals surface area contributed by atoms with Crippen molar-refractivity contribution in [2.45, 2.75) is 18.0 Å². The first kappa shape index (κ1) is 21.7. The summed E-state index contributed by atoms with van der Waals surface area (Å²) in [7, 11) is -1.96. The van der Waals surface area contributed by atoms with Crippen LogP contribution >= 0.6 is 0 Å². The van der Waals surface area contributed by atoms with E-state index >= 15 is 0 Å². The predicted octanol–water partition coefficient (Wildman–Crippen LogP) is 3.16. The van der Waals surface area contributed by atoms with Crippen LogP contribution in [-0.4, -0.2) is 33.1 Å². The largest absolute Gasteiger partial charge is 0.468 e. The summed E-state index contributed by atoms with van der Waals surface area (Å²) < 4.78 is 43.1. The van der Waals surface area contributed by atoms with Crippen molar-refractivity contribution < 1.29 is 27.1 Å². The van der Waals surface area contributed by atoms with E-state index in [1.54, 1.807) is 42.3 Å². The molecule has 2 heterocycles. The number of amides is 1. The van der Waals surface area contributed by atoms with Crippen LogP contribution in [0.4, 0.5) is 0 Å². The number of nitrogens with one attached hydrogen (secondary N) is 1. The van der Waals surface area contributed by atoms with Gasteiger partial charge >= 0.3 is 0 Å². The molecule has 0 fully saturated rings. The van der Waals surface area contributed by atoms with E-state index in [1.807, 2.05) is 18.2 Å². The van der Waals surface area contributed by atoms with E-state index < -0.39 is 10.0 Å². The zero-order valence-electron chi connectivity index (χ0n) is 17.4. The molecule has 1 N–H and O–H groups in total. The molecule has 1 amide bonds. The van der Waals surface area contributed by atoms with Gasteiger partial charge in [0.1, 0.15) is 5.76 Å². The molecule has 4 rings (SSSR count). The maximum atomic E-state index is 12.4. The zero-order valence-corrected chi connectivity index (χ0v) is 18.2. The van der Waals surface area contributed by atoms with E-state index in [2.05, 4.69) is 4.72 Å². The lowest BCUT2D eigenvalue weighted by Gasteiger charge is -2.15. The van der Waals surface area contributed by atoms with Gasteiger partial charge in [-0.05, 0) is 53.6 Å². The fraction of sp³-hybridized carbons (Fsp3) is 0.174. The van der Waals surface area contributed by atoms with E-state index in [0.717, 1.165) is 5.56 Å². The Bertz CT molecular complexity index is 1220. The van der Waals surface area contributed by atoms with Crippen LogP contribution in [0, 0.1) is 0 Å². The Balaban J connectivity index is 1.34. The molecule has 0 saturated heterocycles. The first-order chi connectivity index (χ1) is 15.4. The van der Waals surface area contributed by atoms with Crippen LogP contribution in [0.2, 0.25) is 0 Å². The minimum absolute atomic E-state index is 0.0706. The summed E-state index contributed by atoms with van der Waals surface area (Å²) in [6.45, 7) is 0.690. The molecule has 3 aromatic rings. The second kappa shape index (κ2) is 9.29. The summed E-state index contributed by atoms with van der Waals surface area (Å²) >= 11 is 0. The number of sulfonamides is 1. The van der Waals surface area contributed by atoms with Crippen molar-refractivity contribution in [2.24, 2.45) is 0 Å². The minimum atomic E-state index is -3.67. The van der Waals surface area contributed by atoms with Gasteiger partial charge < -0.3 is 18.8 Å². The fourth-order valence-corrected chi connectivity index (χ4v) is 4.10. The SMILES string of the molecule is CN(Cc1ccc2c(c1)OCO2)C(=O)C=Cc1ccc(S(=O)(=O)NCc2ccco2)cc1. The Morgan fingerprint density at radius 1 is 1.09 bits per heavy atom. The summed E-state index contributed by atoms with van der Waals surface area (Å²) in [6, 6.07) is 15.2. The number of carbonyl (C=O) groups excluding carboxylic acids is 1. The van der Waals surface area contributed by atoms with Crippen molar-refractivity contribution in [1.82, 2.24) is 9.62 Å². The van der Waals surface area contributed by atoms with Crippen molar-refractivity contribution in [3.05, 3.63) is 83.8 Å². The van der Waals surface area contributed by atoms with E-state index in [-0.39, 0.29) is 24.1 Å². The van der Waals surface area contributed by atoms with Crippen molar-refractivity contribution in [3.63, 3.8) is 0 Å². The highest BCUT2D eigenvalue weighted by Crippen LogP contribution is 2.32. The lowest BCUT2D eigenvalue weighted by Crippen LogP contribution is -2.24. The summed E-state index contributed by atoms with van der Waals surface area (Å²) in [4.78, 5) is 14.2. The van der Waals surface area contributed by atoms with Gasteiger partial charge in [-0.15, -0.1) is 0 Å². The van der Waals surface area contributed by atoms with Crippen LogP contribution < -0.4 is 14.2 Å². The highest BCUT2D eigenvalue weighted by atomic mass is 32.2. The van der Waals surface area contributed by atoms with Crippen molar-refractivity contribution in [2.75, 3.05) is 13.8 Å². The smallest absolute Gasteiger partial charge is 0.246 e. The van der Waals surface area contributed by atoms with Gasteiger partial charge in [0.15, 0.2) is 11.5 Å². The predicted molar refractivity (Wildman–Crippen MR) is 117 cm³/mol. The summed E-state index contributed by atoms with van der Waals surface area (Å²) in [5.41, 5.74) is 1.63. The Hall–Kier alpha value is -3.56. The maximum Gasteiger partial charge on any atom is 0.246 e. The molecule has 1 aliphatic rings. The third kappa shape index (κ3) is 5.19. The lowest BCUT2D eigenvalue weighted by molar-refractivity contribution is -0.125. The molecule has 0 atom stereocenters. The number of ether oxygens (including phenoxy) is 2. The summed E-state index contributed by atoms with van der Waals surface area (Å²) in [5, 5.41) is 0. The lowest BCUT2D eigenvalue weighted by atomic mass is 10.2. The van der Waals surface area contributed by atoms with Crippen molar-refractivity contribution in [1.29, 1.82) is 0 Å². The molecule has 0 radical (unpaired) electrons. The Labute approximate surface area is 186 Å². The molecule has 0 spiro atoms. The molecular formula is C23H22N2O6S. The molecule has 2 aromatic carbocycles. The number of nitrogens with zero attached hydrogens (tertiary/aromatic N) is 1. The third-order valence-electron chi connectivity index (χ3n) is 4.86. The average molecular weight is 455 g/mol. The number of benzene rings is 2. The van der Waals surface area contributed by atoms with E-state index in [4.69, 9.17) is 13.9 Å².